The summed E-state index contributed by atoms with van der Waals surface area (Å²) in [5.41, 5.74) is 0. The lowest BCUT2D eigenvalue weighted by Crippen LogP contribution is -2.17. The Morgan fingerprint density at radius 1 is 1.21 bits per heavy atom. The van der Waals surface area contributed by atoms with Gasteiger partial charge in [-0.25, -0.2) is 14.6 Å². The van der Waals surface area contributed by atoms with Crippen molar-refractivity contribution in [1.29, 1.82) is 0 Å². The van der Waals surface area contributed by atoms with E-state index in [4.69, 9.17) is 0 Å². The van der Waals surface area contributed by atoms with Gasteiger partial charge in [0.15, 0.2) is 5.82 Å². The molecule has 100 valence electrons. The Balaban J connectivity index is 1.63. The summed E-state index contributed by atoms with van der Waals surface area (Å²) >= 11 is 0. The Morgan fingerprint density at radius 2 is 2.11 bits per heavy atom. The molecule has 1 aliphatic rings. The van der Waals surface area contributed by atoms with Crippen LogP contribution in [0.3, 0.4) is 0 Å². The molecular formula is C14H19N5. The van der Waals surface area contributed by atoms with Gasteiger partial charge < -0.3 is 5.32 Å². The van der Waals surface area contributed by atoms with E-state index in [9.17, 15) is 0 Å². The summed E-state index contributed by atoms with van der Waals surface area (Å²) in [6.45, 7) is 1.01. The highest BCUT2D eigenvalue weighted by atomic mass is 15.3. The van der Waals surface area contributed by atoms with E-state index in [2.05, 4.69) is 20.4 Å². The van der Waals surface area contributed by atoms with Gasteiger partial charge in [0.1, 0.15) is 12.1 Å². The molecule has 3 rings (SSSR count). The van der Waals surface area contributed by atoms with Crippen LogP contribution in [0.2, 0.25) is 0 Å². The Hall–Kier alpha value is -1.91. The van der Waals surface area contributed by atoms with Gasteiger partial charge in [0.2, 0.25) is 0 Å². The number of rotatable bonds is 4. The molecule has 1 aliphatic carbocycles. The molecule has 1 N–H and O–H groups in total. The third-order valence-electron chi connectivity index (χ3n) is 3.69. The van der Waals surface area contributed by atoms with E-state index < -0.39 is 0 Å². The first kappa shape index (κ1) is 12.1. The molecule has 19 heavy (non-hydrogen) atoms. The van der Waals surface area contributed by atoms with Crippen molar-refractivity contribution in [1.82, 2.24) is 19.7 Å². The molecule has 0 spiro atoms. The Labute approximate surface area is 113 Å². The predicted octanol–water partition coefficient (Wildman–Crippen LogP) is 2.65. The first-order chi connectivity index (χ1) is 9.42. The van der Waals surface area contributed by atoms with E-state index in [-0.39, 0.29) is 0 Å². The van der Waals surface area contributed by atoms with Gasteiger partial charge >= 0.3 is 0 Å². The van der Waals surface area contributed by atoms with Crippen molar-refractivity contribution in [3.8, 4) is 5.82 Å². The van der Waals surface area contributed by atoms with Crippen LogP contribution in [0, 0.1) is 5.92 Å². The Bertz CT molecular complexity index is 502. The van der Waals surface area contributed by atoms with Gasteiger partial charge in [-0.15, -0.1) is 0 Å². The number of hydrogen-bond acceptors (Lipinski definition) is 4. The van der Waals surface area contributed by atoms with Crippen LogP contribution in [0.4, 0.5) is 5.82 Å². The minimum Gasteiger partial charge on any atom is -0.370 e. The summed E-state index contributed by atoms with van der Waals surface area (Å²) in [7, 11) is 0. The number of nitrogens with one attached hydrogen (secondary N) is 1. The van der Waals surface area contributed by atoms with Crippen LogP contribution in [0.5, 0.6) is 0 Å². The van der Waals surface area contributed by atoms with E-state index in [1.54, 1.807) is 17.2 Å². The van der Waals surface area contributed by atoms with Crippen LogP contribution in [-0.4, -0.2) is 26.3 Å². The van der Waals surface area contributed by atoms with Gasteiger partial charge in [0, 0.05) is 25.0 Å². The van der Waals surface area contributed by atoms with Crippen molar-refractivity contribution in [2.75, 3.05) is 11.9 Å². The standard InChI is InChI=1S/C14H19N5/c1-2-5-12(6-3-1)10-15-13-9-14(17-11-16-13)19-8-4-7-18-19/h4,7-9,11-12H,1-3,5-6,10H2,(H,15,16,17). The number of aromatic nitrogens is 4. The van der Waals surface area contributed by atoms with Gasteiger partial charge in [-0.2, -0.15) is 5.10 Å². The lowest BCUT2D eigenvalue weighted by Gasteiger charge is -2.21. The Kier molecular flexibility index (Phi) is 3.72. The molecule has 0 aromatic carbocycles. The van der Waals surface area contributed by atoms with E-state index in [1.165, 1.54) is 32.1 Å². The van der Waals surface area contributed by atoms with Gasteiger partial charge in [0.25, 0.3) is 0 Å². The molecule has 2 aromatic rings. The lowest BCUT2D eigenvalue weighted by molar-refractivity contribution is 0.373. The summed E-state index contributed by atoms with van der Waals surface area (Å²) in [5.74, 6) is 2.47. The molecule has 5 heteroatoms. The molecule has 1 fully saturated rings. The topological polar surface area (TPSA) is 55.6 Å². The number of anilines is 1. The molecule has 2 aromatic heterocycles. The molecule has 0 atom stereocenters. The average molecular weight is 257 g/mol. The fourth-order valence-corrected chi connectivity index (χ4v) is 2.61. The third-order valence-corrected chi connectivity index (χ3v) is 3.69. The number of nitrogens with zero attached hydrogens (tertiary/aromatic N) is 4. The molecule has 2 heterocycles. The van der Waals surface area contributed by atoms with E-state index in [0.29, 0.717) is 0 Å². The molecule has 1 saturated carbocycles. The quantitative estimate of drug-likeness (QED) is 0.915. The maximum absolute atomic E-state index is 4.27. The highest BCUT2D eigenvalue weighted by Gasteiger charge is 2.13. The van der Waals surface area contributed by atoms with Crippen molar-refractivity contribution in [3.05, 3.63) is 30.9 Å². The molecule has 0 bridgehead atoms. The molecule has 0 radical (unpaired) electrons. The first-order valence-electron chi connectivity index (χ1n) is 6.98. The van der Waals surface area contributed by atoms with E-state index in [1.807, 2.05) is 18.3 Å². The zero-order valence-electron chi connectivity index (χ0n) is 11.0. The smallest absolute Gasteiger partial charge is 0.158 e. The highest BCUT2D eigenvalue weighted by molar-refractivity contribution is 5.40. The second-order valence-electron chi connectivity index (χ2n) is 5.10. The van der Waals surface area contributed by atoms with E-state index >= 15 is 0 Å². The van der Waals surface area contributed by atoms with Gasteiger partial charge in [0.05, 0.1) is 0 Å². The second kappa shape index (κ2) is 5.82. The summed E-state index contributed by atoms with van der Waals surface area (Å²) in [5, 5.41) is 7.60. The van der Waals surface area contributed by atoms with Crippen LogP contribution in [-0.2, 0) is 0 Å². The molecule has 0 amide bonds. The van der Waals surface area contributed by atoms with Crippen molar-refractivity contribution in [2.24, 2.45) is 5.92 Å². The van der Waals surface area contributed by atoms with E-state index in [0.717, 1.165) is 24.1 Å². The normalized spacial score (nSPS) is 16.4. The van der Waals surface area contributed by atoms with Crippen LogP contribution in [0.15, 0.2) is 30.9 Å². The molecule has 0 unspecified atom stereocenters. The van der Waals surface area contributed by atoms with Gasteiger partial charge in [-0.3, -0.25) is 0 Å². The summed E-state index contributed by atoms with van der Waals surface area (Å²) in [4.78, 5) is 8.50. The minimum atomic E-state index is 0.789. The maximum Gasteiger partial charge on any atom is 0.158 e. The zero-order chi connectivity index (χ0) is 12.9. The fraction of sp³-hybridized carbons (Fsp3) is 0.500. The van der Waals surface area contributed by atoms with Crippen LogP contribution < -0.4 is 5.32 Å². The van der Waals surface area contributed by atoms with Gasteiger partial charge in [-0.1, -0.05) is 19.3 Å². The summed E-state index contributed by atoms with van der Waals surface area (Å²) in [6, 6.07) is 3.83. The molecule has 0 aliphatic heterocycles. The second-order valence-corrected chi connectivity index (χ2v) is 5.10. The first-order valence-corrected chi connectivity index (χ1v) is 6.98. The summed E-state index contributed by atoms with van der Waals surface area (Å²) < 4.78 is 1.74. The third kappa shape index (κ3) is 3.10. The predicted molar refractivity (Wildman–Crippen MR) is 74.2 cm³/mol. The maximum atomic E-state index is 4.27. The van der Waals surface area contributed by atoms with Crippen molar-refractivity contribution >= 4 is 5.82 Å². The van der Waals surface area contributed by atoms with Crippen LogP contribution in [0.1, 0.15) is 32.1 Å². The van der Waals surface area contributed by atoms with Crippen molar-refractivity contribution in [2.45, 2.75) is 32.1 Å². The molecule has 0 saturated heterocycles. The average Bonchev–Trinajstić information content (AvgIpc) is 3.01. The largest absolute Gasteiger partial charge is 0.370 e. The Morgan fingerprint density at radius 3 is 2.89 bits per heavy atom. The summed E-state index contributed by atoms with van der Waals surface area (Å²) in [6.07, 6.45) is 12.0. The molecular weight excluding hydrogens is 238 g/mol. The van der Waals surface area contributed by atoms with Crippen molar-refractivity contribution < 1.29 is 0 Å². The number of hydrogen-bond donors (Lipinski definition) is 1. The fourth-order valence-electron chi connectivity index (χ4n) is 2.61. The lowest BCUT2D eigenvalue weighted by atomic mass is 9.89. The van der Waals surface area contributed by atoms with Crippen LogP contribution in [0.25, 0.3) is 5.82 Å². The SMILES string of the molecule is c1cnn(-c2cc(NCC3CCCCC3)ncn2)c1. The van der Waals surface area contributed by atoms with Crippen molar-refractivity contribution in [3.63, 3.8) is 0 Å². The van der Waals surface area contributed by atoms with Gasteiger partial charge in [-0.05, 0) is 24.8 Å². The molecule has 5 nitrogen and oxygen atoms in total. The zero-order valence-corrected chi connectivity index (χ0v) is 11.0. The van der Waals surface area contributed by atoms with Crippen LogP contribution >= 0.6 is 0 Å². The minimum absolute atomic E-state index is 0.789. The highest BCUT2D eigenvalue weighted by Crippen LogP contribution is 2.23. The monoisotopic (exact) mass is 257 g/mol.